The van der Waals surface area contributed by atoms with E-state index in [1.165, 1.54) is 17.2 Å². The van der Waals surface area contributed by atoms with E-state index in [4.69, 9.17) is 9.15 Å². The zero-order valence-electron chi connectivity index (χ0n) is 17.6. The van der Waals surface area contributed by atoms with Gasteiger partial charge in [0, 0.05) is 25.9 Å². The maximum absolute atomic E-state index is 12.8. The Labute approximate surface area is 171 Å². The molecule has 8 nitrogen and oxygen atoms in total. The Morgan fingerprint density at radius 2 is 2.07 bits per heavy atom. The van der Waals surface area contributed by atoms with Crippen molar-refractivity contribution in [1.29, 1.82) is 0 Å². The fourth-order valence-corrected chi connectivity index (χ4v) is 3.18. The fourth-order valence-electron chi connectivity index (χ4n) is 3.18. The van der Waals surface area contributed by atoms with Crippen LogP contribution in [0.15, 0.2) is 34.6 Å². The number of ether oxygens (including phenoxy) is 1. The maximum Gasteiger partial charge on any atom is 0.355 e. The second kappa shape index (κ2) is 10.0. The number of hydrogen-bond donors (Lipinski definition) is 1. The quantitative estimate of drug-likeness (QED) is 0.529. The number of hydrogen-bond acceptors (Lipinski definition) is 6. The summed E-state index contributed by atoms with van der Waals surface area (Å²) in [7, 11) is 0. The highest BCUT2D eigenvalue weighted by Crippen LogP contribution is 2.24. The lowest BCUT2D eigenvalue weighted by molar-refractivity contribution is -0.149. The summed E-state index contributed by atoms with van der Waals surface area (Å²) in [4.78, 5) is 42.6. The number of aromatic nitrogens is 1. The number of nitrogens with zero attached hydrogens (tertiary/aromatic N) is 2. The highest BCUT2D eigenvalue weighted by Gasteiger charge is 2.33. The Bertz CT molecular complexity index is 809. The van der Waals surface area contributed by atoms with E-state index in [9.17, 15) is 14.4 Å². The van der Waals surface area contributed by atoms with E-state index < -0.39 is 18.0 Å². The molecule has 0 fully saturated rings. The highest BCUT2D eigenvalue weighted by molar-refractivity contribution is 6.00. The van der Waals surface area contributed by atoms with Gasteiger partial charge in [-0.1, -0.05) is 32.9 Å². The molecular formula is C21H29N3O5. The lowest BCUT2D eigenvalue weighted by atomic mass is 9.94. The summed E-state index contributed by atoms with van der Waals surface area (Å²) < 4.78 is 10.8. The number of rotatable bonds is 8. The van der Waals surface area contributed by atoms with Crippen molar-refractivity contribution in [2.75, 3.05) is 13.1 Å². The molecule has 2 rings (SSSR count). The van der Waals surface area contributed by atoms with Gasteiger partial charge in [-0.3, -0.25) is 9.59 Å². The molecule has 1 N–H and O–H groups in total. The van der Waals surface area contributed by atoms with Crippen molar-refractivity contribution < 1.29 is 23.5 Å². The topological polar surface area (TPSA) is 102 Å². The molecule has 1 aliphatic heterocycles. The van der Waals surface area contributed by atoms with Gasteiger partial charge in [0.25, 0.3) is 5.91 Å². The number of oxazole rings is 1. The van der Waals surface area contributed by atoms with Crippen LogP contribution in [0.5, 0.6) is 0 Å². The number of aryl methyl sites for hydroxylation is 1. The molecule has 1 aromatic heterocycles. The Balaban J connectivity index is 2.08. The Morgan fingerprint density at radius 1 is 1.34 bits per heavy atom. The minimum absolute atomic E-state index is 0.0252. The first-order valence-corrected chi connectivity index (χ1v) is 9.85. The first-order chi connectivity index (χ1) is 13.7. The zero-order valence-corrected chi connectivity index (χ0v) is 17.6. The molecule has 2 heterocycles. The second-order valence-electron chi connectivity index (χ2n) is 7.31. The van der Waals surface area contributed by atoms with Crippen molar-refractivity contribution in [3.63, 3.8) is 0 Å². The van der Waals surface area contributed by atoms with Gasteiger partial charge in [0.05, 0.1) is 0 Å². The molecule has 0 spiro atoms. The molecule has 2 atom stereocenters. The predicted octanol–water partition coefficient (Wildman–Crippen LogP) is 2.61. The van der Waals surface area contributed by atoms with Crippen LogP contribution in [-0.2, 0) is 14.3 Å². The molecule has 0 bridgehead atoms. The van der Waals surface area contributed by atoms with Crippen molar-refractivity contribution in [3.05, 3.63) is 41.8 Å². The van der Waals surface area contributed by atoms with Crippen molar-refractivity contribution in [2.24, 2.45) is 11.8 Å². The minimum Gasteiger partial charge on any atom is -0.457 e. The molecule has 0 aliphatic carbocycles. The van der Waals surface area contributed by atoms with Crippen LogP contribution >= 0.6 is 0 Å². The molecule has 29 heavy (non-hydrogen) atoms. The molecule has 158 valence electrons. The third kappa shape index (κ3) is 5.79. The number of carbonyl (C=O) groups excluding carboxylic acids is 3. The second-order valence-corrected chi connectivity index (χ2v) is 7.31. The van der Waals surface area contributed by atoms with E-state index in [1.807, 2.05) is 27.7 Å². The summed E-state index contributed by atoms with van der Waals surface area (Å²) in [5.74, 6) is -0.913. The molecule has 0 saturated carbocycles. The normalized spacial score (nSPS) is 16.1. The van der Waals surface area contributed by atoms with Gasteiger partial charge in [-0.2, -0.15) is 0 Å². The third-order valence-corrected chi connectivity index (χ3v) is 4.59. The van der Waals surface area contributed by atoms with Crippen LogP contribution in [0.2, 0.25) is 0 Å². The summed E-state index contributed by atoms with van der Waals surface area (Å²) in [5, 5.41) is 2.69. The lowest BCUT2D eigenvalue weighted by Crippen LogP contribution is -2.36. The average Bonchev–Trinajstić information content (AvgIpc) is 3.32. The molecule has 2 amide bonds. The summed E-state index contributed by atoms with van der Waals surface area (Å²) in [6.45, 7) is 10.2. The van der Waals surface area contributed by atoms with Gasteiger partial charge in [-0.05, 0) is 25.3 Å². The van der Waals surface area contributed by atoms with Crippen molar-refractivity contribution in [3.8, 4) is 0 Å². The van der Waals surface area contributed by atoms with Crippen LogP contribution < -0.4 is 5.32 Å². The zero-order chi connectivity index (χ0) is 21.6. The van der Waals surface area contributed by atoms with Crippen LogP contribution in [0.3, 0.4) is 0 Å². The molecule has 8 heteroatoms. The van der Waals surface area contributed by atoms with E-state index in [0.717, 1.165) is 0 Å². The summed E-state index contributed by atoms with van der Waals surface area (Å²) in [6, 6.07) is 0. The Morgan fingerprint density at radius 3 is 2.66 bits per heavy atom. The lowest BCUT2D eigenvalue weighted by Gasteiger charge is -2.27. The van der Waals surface area contributed by atoms with E-state index >= 15 is 0 Å². The third-order valence-electron chi connectivity index (χ3n) is 4.59. The predicted molar refractivity (Wildman–Crippen MR) is 107 cm³/mol. The van der Waals surface area contributed by atoms with E-state index in [2.05, 4.69) is 10.3 Å². The van der Waals surface area contributed by atoms with Gasteiger partial charge >= 0.3 is 5.97 Å². The minimum atomic E-state index is -0.562. The molecule has 0 unspecified atom stereocenters. The van der Waals surface area contributed by atoms with Crippen LogP contribution in [0.25, 0.3) is 0 Å². The smallest absolute Gasteiger partial charge is 0.355 e. The summed E-state index contributed by atoms with van der Waals surface area (Å²) in [5.41, 5.74) is 0.364. The van der Waals surface area contributed by atoms with Gasteiger partial charge in [0.2, 0.25) is 5.91 Å². The van der Waals surface area contributed by atoms with Crippen molar-refractivity contribution >= 4 is 17.8 Å². The molecule has 0 saturated heterocycles. The van der Waals surface area contributed by atoms with Gasteiger partial charge in [0.1, 0.15) is 18.1 Å². The standard InChI is InChI=1S/C21H29N3O5/c1-6-22-18(25)10-9-14(4)19(13(2)3)29-21(27)17-8-7-11-24(17)20(26)16-12-28-15(5)23-16/h8-10,12-14,19H,6-7,11H2,1-5H3,(H,22,25)/b10-9+/t14-,19-/m1/s1. The molecule has 1 aromatic rings. The van der Waals surface area contributed by atoms with Crippen LogP contribution in [-0.4, -0.2) is 46.9 Å². The number of nitrogens with one attached hydrogen (secondary N) is 1. The molecule has 0 aromatic carbocycles. The first kappa shape index (κ1) is 22.4. The molecule has 0 radical (unpaired) electrons. The first-order valence-electron chi connectivity index (χ1n) is 9.85. The average molecular weight is 403 g/mol. The van der Waals surface area contributed by atoms with Gasteiger partial charge in [-0.25, -0.2) is 9.78 Å². The molecule has 1 aliphatic rings. The van der Waals surface area contributed by atoms with Crippen molar-refractivity contribution in [2.45, 2.75) is 47.1 Å². The summed E-state index contributed by atoms with van der Waals surface area (Å²) >= 11 is 0. The summed E-state index contributed by atoms with van der Waals surface area (Å²) in [6.07, 6.45) is 6.28. The monoisotopic (exact) mass is 403 g/mol. The number of likely N-dealkylation sites (N-methyl/N-ethyl adjacent to an activating group) is 1. The number of carbonyl (C=O) groups is 3. The van der Waals surface area contributed by atoms with Gasteiger partial charge < -0.3 is 19.4 Å². The SMILES string of the molecule is CCNC(=O)/C=C/[C@@H](C)[C@H](OC(=O)C1=CCCN1C(=O)c1coc(C)n1)C(C)C. The van der Waals surface area contributed by atoms with E-state index in [0.29, 0.717) is 25.4 Å². The van der Waals surface area contributed by atoms with Crippen LogP contribution in [0.1, 0.15) is 50.5 Å². The number of amides is 2. The van der Waals surface area contributed by atoms with Gasteiger partial charge in [-0.15, -0.1) is 0 Å². The van der Waals surface area contributed by atoms with Crippen LogP contribution in [0, 0.1) is 18.8 Å². The van der Waals surface area contributed by atoms with Crippen molar-refractivity contribution in [1.82, 2.24) is 15.2 Å². The van der Waals surface area contributed by atoms with E-state index in [-0.39, 0.29) is 29.1 Å². The van der Waals surface area contributed by atoms with Crippen LogP contribution in [0.4, 0.5) is 0 Å². The largest absolute Gasteiger partial charge is 0.457 e. The van der Waals surface area contributed by atoms with Gasteiger partial charge in [0.15, 0.2) is 11.6 Å². The Kier molecular flexibility index (Phi) is 7.75. The number of esters is 1. The Hall–Kier alpha value is -2.90. The molecular weight excluding hydrogens is 374 g/mol. The fraction of sp³-hybridized carbons (Fsp3) is 0.524. The maximum atomic E-state index is 12.8. The highest BCUT2D eigenvalue weighted by atomic mass is 16.5. The van der Waals surface area contributed by atoms with E-state index in [1.54, 1.807) is 19.1 Å².